The van der Waals surface area contributed by atoms with Gasteiger partial charge in [0.25, 0.3) is 0 Å². The Morgan fingerprint density at radius 2 is 1.91 bits per heavy atom. The molecule has 0 aliphatic carbocycles. The Hall–Kier alpha value is -2.43. The van der Waals surface area contributed by atoms with E-state index in [4.69, 9.17) is 4.52 Å². The molecule has 0 saturated heterocycles. The fourth-order valence-corrected chi connectivity index (χ4v) is 2.18. The Kier molecular flexibility index (Phi) is 5.47. The second-order valence-corrected chi connectivity index (χ2v) is 5.32. The average molecular weight is 300 g/mol. The lowest BCUT2D eigenvalue weighted by atomic mass is 10.1. The molecule has 0 bridgehead atoms. The Bertz CT molecular complexity index is 634. The van der Waals surface area contributed by atoms with Crippen molar-refractivity contribution in [1.29, 1.82) is 0 Å². The number of aromatic nitrogens is 1. The molecule has 0 atom stereocenters. The predicted octanol–water partition coefficient (Wildman–Crippen LogP) is 2.99. The lowest BCUT2D eigenvalue weighted by molar-refractivity contribution is -0.130. The molecule has 2 aromatic rings. The van der Waals surface area contributed by atoms with Crippen LogP contribution in [0.25, 0.3) is 0 Å². The number of hydrogen-bond donors (Lipinski definition) is 0. The summed E-state index contributed by atoms with van der Waals surface area (Å²) in [5.74, 6) is 0.800. The summed E-state index contributed by atoms with van der Waals surface area (Å²) in [5.41, 5.74) is 1.43. The molecule has 1 aromatic heterocycles. The quantitative estimate of drug-likeness (QED) is 0.737. The van der Waals surface area contributed by atoms with Crippen LogP contribution in [0.5, 0.6) is 0 Å². The molecule has 0 fully saturated rings. The first kappa shape index (κ1) is 15.9. The van der Waals surface area contributed by atoms with E-state index >= 15 is 0 Å². The molecule has 0 aliphatic heterocycles. The largest absolute Gasteiger partial charge is 0.361 e. The third-order valence-electron chi connectivity index (χ3n) is 3.39. The maximum atomic E-state index is 12.0. The van der Waals surface area contributed by atoms with E-state index in [9.17, 15) is 9.59 Å². The van der Waals surface area contributed by atoms with Crippen molar-refractivity contribution in [2.75, 3.05) is 7.05 Å². The van der Waals surface area contributed by atoms with Gasteiger partial charge in [-0.05, 0) is 13.3 Å². The molecule has 0 aliphatic rings. The van der Waals surface area contributed by atoms with Crippen molar-refractivity contribution < 1.29 is 14.1 Å². The highest BCUT2D eigenvalue weighted by Crippen LogP contribution is 2.09. The summed E-state index contributed by atoms with van der Waals surface area (Å²) in [4.78, 5) is 25.6. The molecule has 1 aromatic carbocycles. The second kappa shape index (κ2) is 7.54. The number of hydrogen-bond acceptors (Lipinski definition) is 4. The van der Waals surface area contributed by atoms with Crippen molar-refractivity contribution in [2.24, 2.45) is 0 Å². The first-order valence-electron chi connectivity index (χ1n) is 7.30. The van der Waals surface area contributed by atoms with Gasteiger partial charge in [-0.1, -0.05) is 35.5 Å². The van der Waals surface area contributed by atoms with Crippen LogP contribution in [0.4, 0.5) is 0 Å². The van der Waals surface area contributed by atoms with Crippen molar-refractivity contribution in [3.8, 4) is 0 Å². The minimum atomic E-state index is 0.00140. The van der Waals surface area contributed by atoms with Crippen LogP contribution < -0.4 is 0 Å². The molecule has 116 valence electrons. The maximum Gasteiger partial charge on any atom is 0.222 e. The van der Waals surface area contributed by atoms with E-state index in [-0.39, 0.29) is 11.7 Å². The van der Waals surface area contributed by atoms with Gasteiger partial charge in [-0.2, -0.15) is 0 Å². The lowest BCUT2D eigenvalue weighted by Gasteiger charge is -2.15. The van der Waals surface area contributed by atoms with E-state index in [1.807, 2.05) is 31.2 Å². The summed E-state index contributed by atoms with van der Waals surface area (Å²) >= 11 is 0. The number of carbonyl (C=O) groups is 2. The summed E-state index contributed by atoms with van der Waals surface area (Å²) in [6.45, 7) is 2.23. The Morgan fingerprint density at radius 3 is 2.55 bits per heavy atom. The van der Waals surface area contributed by atoms with E-state index in [1.54, 1.807) is 24.1 Å². The molecular weight excluding hydrogens is 280 g/mol. The van der Waals surface area contributed by atoms with Crippen molar-refractivity contribution >= 4 is 11.7 Å². The molecule has 2 rings (SSSR count). The zero-order chi connectivity index (χ0) is 15.9. The van der Waals surface area contributed by atoms with Gasteiger partial charge in [-0.15, -0.1) is 0 Å². The van der Waals surface area contributed by atoms with Gasteiger partial charge in [-0.3, -0.25) is 9.59 Å². The molecular formula is C17H20N2O3. The summed E-state index contributed by atoms with van der Waals surface area (Å²) in [7, 11) is 1.73. The topological polar surface area (TPSA) is 63.4 Å². The van der Waals surface area contributed by atoms with Gasteiger partial charge < -0.3 is 9.42 Å². The van der Waals surface area contributed by atoms with Gasteiger partial charge in [0.1, 0.15) is 11.5 Å². The minimum Gasteiger partial charge on any atom is -0.361 e. The van der Waals surface area contributed by atoms with Crippen LogP contribution in [0.15, 0.2) is 40.9 Å². The van der Waals surface area contributed by atoms with Crippen molar-refractivity contribution in [2.45, 2.75) is 32.7 Å². The molecule has 1 heterocycles. The Morgan fingerprint density at radius 1 is 1.18 bits per heavy atom. The summed E-state index contributed by atoms with van der Waals surface area (Å²) in [6.07, 6.45) is 1.29. The molecule has 0 N–H and O–H groups in total. The molecule has 0 radical (unpaired) electrons. The van der Waals surface area contributed by atoms with E-state index in [0.717, 1.165) is 11.5 Å². The third-order valence-corrected chi connectivity index (χ3v) is 3.39. The number of Topliss-reactive ketones (excluding diaryl/α,β-unsaturated/α-hetero) is 1. The van der Waals surface area contributed by atoms with E-state index in [0.29, 0.717) is 31.4 Å². The third kappa shape index (κ3) is 4.55. The smallest absolute Gasteiger partial charge is 0.222 e. The summed E-state index contributed by atoms with van der Waals surface area (Å²) in [6, 6.07) is 11.0. The van der Waals surface area contributed by atoms with Gasteiger partial charge >= 0.3 is 0 Å². The highest BCUT2D eigenvalue weighted by atomic mass is 16.5. The van der Waals surface area contributed by atoms with E-state index in [1.165, 1.54) is 0 Å². The molecule has 5 nitrogen and oxygen atoms in total. The number of rotatable bonds is 7. The van der Waals surface area contributed by atoms with Crippen LogP contribution in [0.3, 0.4) is 0 Å². The highest BCUT2D eigenvalue weighted by Gasteiger charge is 2.12. The minimum absolute atomic E-state index is 0.00140. The van der Waals surface area contributed by atoms with Crippen molar-refractivity contribution in [3.05, 3.63) is 53.4 Å². The zero-order valence-corrected chi connectivity index (χ0v) is 12.9. The standard InChI is InChI=1S/C17H20N2O3/c1-13-11-15(18-22-13)12-19(2)17(21)10-6-9-16(20)14-7-4-3-5-8-14/h3-5,7-8,11H,6,9-10,12H2,1-2H3. The number of carbonyl (C=O) groups excluding carboxylic acids is 2. The Balaban J connectivity index is 1.74. The first-order chi connectivity index (χ1) is 10.6. The van der Waals surface area contributed by atoms with Crippen molar-refractivity contribution in [1.82, 2.24) is 10.1 Å². The zero-order valence-electron chi connectivity index (χ0n) is 12.9. The second-order valence-electron chi connectivity index (χ2n) is 5.32. The SMILES string of the molecule is Cc1cc(CN(C)C(=O)CCCC(=O)c2ccccc2)no1. The van der Waals surface area contributed by atoms with Crippen LogP contribution in [-0.4, -0.2) is 28.8 Å². The number of benzene rings is 1. The Labute approximate surface area is 129 Å². The molecule has 22 heavy (non-hydrogen) atoms. The fraction of sp³-hybridized carbons (Fsp3) is 0.353. The molecule has 0 spiro atoms. The molecule has 0 unspecified atom stereocenters. The number of aryl methyl sites for hydroxylation is 1. The van der Waals surface area contributed by atoms with E-state index in [2.05, 4.69) is 5.16 Å². The summed E-state index contributed by atoms with van der Waals surface area (Å²) < 4.78 is 4.97. The molecule has 5 heteroatoms. The molecule has 1 amide bonds. The maximum absolute atomic E-state index is 12.0. The number of amides is 1. The average Bonchev–Trinajstić information content (AvgIpc) is 2.93. The number of nitrogens with zero attached hydrogens (tertiary/aromatic N) is 2. The normalized spacial score (nSPS) is 10.5. The monoisotopic (exact) mass is 300 g/mol. The van der Waals surface area contributed by atoms with Crippen LogP contribution >= 0.6 is 0 Å². The predicted molar refractivity (Wildman–Crippen MR) is 82.3 cm³/mol. The highest BCUT2D eigenvalue weighted by molar-refractivity contribution is 5.96. The summed E-state index contributed by atoms with van der Waals surface area (Å²) in [5, 5.41) is 3.86. The van der Waals surface area contributed by atoms with Gasteiger partial charge in [0.05, 0.1) is 6.54 Å². The van der Waals surface area contributed by atoms with Gasteiger partial charge in [-0.25, -0.2) is 0 Å². The fourth-order valence-electron chi connectivity index (χ4n) is 2.18. The lowest BCUT2D eigenvalue weighted by Crippen LogP contribution is -2.26. The van der Waals surface area contributed by atoms with Crippen LogP contribution in [-0.2, 0) is 11.3 Å². The van der Waals surface area contributed by atoms with Gasteiger partial charge in [0.2, 0.25) is 5.91 Å². The van der Waals surface area contributed by atoms with Crippen LogP contribution in [0.2, 0.25) is 0 Å². The molecule has 0 saturated carbocycles. The van der Waals surface area contributed by atoms with E-state index < -0.39 is 0 Å². The first-order valence-corrected chi connectivity index (χ1v) is 7.30. The van der Waals surface area contributed by atoms with Crippen LogP contribution in [0.1, 0.15) is 41.1 Å². The van der Waals surface area contributed by atoms with Crippen molar-refractivity contribution in [3.63, 3.8) is 0 Å². The van der Waals surface area contributed by atoms with Gasteiger partial charge in [0.15, 0.2) is 5.78 Å². The van der Waals surface area contributed by atoms with Crippen LogP contribution in [0, 0.1) is 6.92 Å². The van der Waals surface area contributed by atoms with Gasteiger partial charge in [0, 0.05) is 31.5 Å². The number of ketones is 1.